The van der Waals surface area contributed by atoms with Gasteiger partial charge in [0, 0.05) is 0 Å². The Morgan fingerprint density at radius 3 is 3.20 bits per heavy atom. The number of fused-ring (bicyclic) bond motifs is 2. The zero-order valence-corrected chi connectivity index (χ0v) is 7.23. The highest BCUT2D eigenvalue weighted by molar-refractivity contribution is 9.10. The fourth-order valence-electron chi connectivity index (χ4n) is 1.79. The van der Waals surface area contributed by atoms with E-state index in [9.17, 15) is 4.79 Å². The summed E-state index contributed by atoms with van der Waals surface area (Å²) in [5.74, 6) is 0.929. The molecule has 0 N–H and O–H groups in total. The van der Waals surface area contributed by atoms with Crippen LogP contribution in [-0.4, -0.2) is 10.1 Å². The molecule has 2 bridgehead atoms. The summed E-state index contributed by atoms with van der Waals surface area (Å²) in [6.07, 6.45) is 6.99. The second-order valence-corrected chi connectivity index (χ2v) is 4.71. The molecule has 10 heavy (non-hydrogen) atoms. The van der Waals surface area contributed by atoms with Gasteiger partial charge in [-0.1, -0.05) is 22.0 Å². The lowest BCUT2D eigenvalue weighted by atomic mass is 9.94. The van der Waals surface area contributed by atoms with Gasteiger partial charge in [-0.3, -0.25) is 4.79 Å². The minimum Gasteiger partial charge on any atom is -0.293 e. The van der Waals surface area contributed by atoms with Gasteiger partial charge in [0.2, 0.25) is 0 Å². The van der Waals surface area contributed by atoms with E-state index in [1.807, 2.05) is 0 Å². The number of rotatable bonds is 0. The lowest BCUT2D eigenvalue weighted by molar-refractivity contribution is -0.116. The molecular formula is C8H9BrO. The van der Waals surface area contributed by atoms with Crippen molar-refractivity contribution in [2.45, 2.75) is 23.6 Å². The minimum atomic E-state index is -0.160. The average Bonchev–Trinajstić information content (AvgIpc) is 2.22. The molecule has 2 aliphatic rings. The summed E-state index contributed by atoms with van der Waals surface area (Å²) in [5.41, 5.74) is 0. The van der Waals surface area contributed by atoms with Crippen LogP contribution in [-0.2, 0) is 4.79 Å². The number of alkyl halides is 1. The highest BCUT2D eigenvalue weighted by atomic mass is 79.9. The van der Waals surface area contributed by atoms with Gasteiger partial charge in [-0.05, 0) is 31.3 Å². The maximum atomic E-state index is 11.2. The standard InChI is InChI=1S/C8H9BrO/c9-8-4-3-6(5-8)1-2-7(8)10/h1-2,6H,3-5H2. The number of carbonyl (C=O) groups is 1. The number of carbonyl (C=O) groups excluding carboxylic acids is 1. The topological polar surface area (TPSA) is 17.1 Å². The lowest BCUT2D eigenvalue weighted by Crippen LogP contribution is -2.28. The van der Waals surface area contributed by atoms with Gasteiger partial charge < -0.3 is 0 Å². The smallest absolute Gasteiger partial charge is 0.172 e. The molecule has 2 unspecified atom stereocenters. The Balaban J connectivity index is 2.38. The zero-order chi connectivity index (χ0) is 7.19. The Hall–Kier alpha value is -0.110. The van der Waals surface area contributed by atoms with Crippen LogP contribution >= 0.6 is 15.9 Å². The van der Waals surface area contributed by atoms with E-state index >= 15 is 0 Å². The van der Waals surface area contributed by atoms with Crippen LogP contribution in [0.25, 0.3) is 0 Å². The summed E-state index contributed by atoms with van der Waals surface area (Å²) < 4.78 is -0.160. The van der Waals surface area contributed by atoms with E-state index in [0.717, 1.165) is 12.8 Å². The summed E-state index contributed by atoms with van der Waals surface area (Å²) >= 11 is 3.50. The molecule has 0 aromatic rings. The van der Waals surface area contributed by atoms with Crippen molar-refractivity contribution in [2.75, 3.05) is 0 Å². The van der Waals surface area contributed by atoms with Crippen LogP contribution in [0.2, 0.25) is 0 Å². The molecule has 0 spiro atoms. The monoisotopic (exact) mass is 200 g/mol. The van der Waals surface area contributed by atoms with Crippen LogP contribution in [0.5, 0.6) is 0 Å². The third-order valence-electron chi connectivity index (χ3n) is 2.46. The predicted octanol–water partition coefficient (Wildman–Crippen LogP) is 2.06. The lowest BCUT2D eigenvalue weighted by Gasteiger charge is -2.20. The number of hydrogen-bond acceptors (Lipinski definition) is 1. The second kappa shape index (κ2) is 1.94. The molecule has 1 nitrogen and oxygen atoms in total. The van der Waals surface area contributed by atoms with Crippen molar-refractivity contribution in [3.8, 4) is 0 Å². The Labute approximate surface area is 68.6 Å². The molecular weight excluding hydrogens is 192 g/mol. The molecule has 0 aromatic carbocycles. The number of ketones is 1. The quantitative estimate of drug-likeness (QED) is 0.548. The molecule has 0 aliphatic heterocycles. The number of allylic oxidation sites excluding steroid dienone is 2. The van der Waals surface area contributed by atoms with E-state index in [0.29, 0.717) is 5.92 Å². The van der Waals surface area contributed by atoms with Crippen molar-refractivity contribution in [3.05, 3.63) is 12.2 Å². The van der Waals surface area contributed by atoms with Crippen LogP contribution < -0.4 is 0 Å². The van der Waals surface area contributed by atoms with Gasteiger partial charge in [0.25, 0.3) is 0 Å². The molecule has 0 saturated heterocycles. The Morgan fingerprint density at radius 2 is 2.50 bits per heavy atom. The van der Waals surface area contributed by atoms with Crippen molar-refractivity contribution in [1.82, 2.24) is 0 Å². The number of halogens is 1. The first kappa shape index (κ1) is 6.59. The first-order valence-corrected chi connectivity index (χ1v) is 4.42. The van der Waals surface area contributed by atoms with Gasteiger partial charge in [0.1, 0.15) is 0 Å². The predicted molar refractivity (Wildman–Crippen MR) is 43.1 cm³/mol. The van der Waals surface area contributed by atoms with Gasteiger partial charge in [-0.2, -0.15) is 0 Å². The Morgan fingerprint density at radius 1 is 1.70 bits per heavy atom. The van der Waals surface area contributed by atoms with Gasteiger partial charge in [-0.15, -0.1) is 0 Å². The Kier molecular flexibility index (Phi) is 1.28. The molecule has 0 amide bonds. The summed E-state index contributed by atoms with van der Waals surface area (Å²) in [6.45, 7) is 0. The Bertz CT molecular complexity index is 209. The van der Waals surface area contributed by atoms with E-state index < -0.39 is 0 Å². The first-order valence-electron chi connectivity index (χ1n) is 3.62. The summed E-state index contributed by atoms with van der Waals surface area (Å²) in [6, 6.07) is 0. The largest absolute Gasteiger partial charge is 0.293 e. The third-order valence-corrected chi connectivity index (χ3v) is 3.57. The van der Waals surface area contributed by atoms with Crippen LogP contribution in [0, 0.1) is 5.92 Å². The van der Waals surface area contributed by atoms with Crippen LogP contribution in [0.1, 0.15) is 19.3 Å². The van der Waals surface area contributed by atoms with Gasteiger partial charge in [0.05, 0.1) is 4.32 Å². The first-order chi connectivity index (χ1) is 4.71. The molecule has 2 rings (SSSR count). The maximum absolute atomic E-state index is 11.2. The molecule has 1 saturated carbocycles. The minimum absolute atomic E-state index is 0.160. The van der Waals surface area contributed by atoms with Crippen molar-refractivity contribution in [3.63, 3.8) is 0 Å². The van der Waals surface area contributed by atoms with Crippen molar-refractivity contribution >= 4 is 21.7 Å². The van der Waals surface area contributed by atoms with E-state index in [2.05, 4.69) is 22.0 Å². The van der Waals surface area contributed by atoms with Crippen LogP contribution in [0.4, 0.5) is 0 Å². The zero-order valence-electron chi connectivity index (χ0n) is 5.64. The van der Waals surface area contributed by atoms with E-state index in [4.69, 9.17) is 0 Å². The summed E-state index contributed by atoms with van der Waals surface area (Å²) in [5, 5.41) is 0. The molecule has 54 valence electrons. The van der Waals surface area contributed by atoms with E-state index in [-0.39, 0.29) is 10.1 Å². The van der Waals surface area contributed by atoms with Gasteiger partial charge in [0.15, 0.2) is 5.78 Å². The molecule has 0 aromatic heterocycles. The fraction of sp³-hybridized carbons (Fsp3) is 0.625. The fourth-order valence-corrected chi connectivity index (χ4v) is 2.57. The normalized spacial score (nSPS) is 44.5. The van der Waals surface area contributed by atoms with Crippen LogP contribution in [0.3, 0.4) is 0 Å². The van der Waals surface area contributed by atoms with Gasteiger partial charge in [-0.25, -0.2) is 0 Å². The van der Waals surface area contributed by atoms with Crippen LogP contribution in [0.15, 0.2) is 12.2 Å². The van der Waals surface area contributed by atoms with E-state index in [1.165, 1.54) is 6.42 Å². The molecule has 2 aliphatic carbocycles. The highest BCUT2D eigenvalue weighted by Gasteiger charge is 2.43. The molecule has 2 atom stereocenters. The third kappa shape index (κ3) is 0.782. The second-order valence-electron chi connectivity index (χ2n) is 3.19. The highest BCUT2D eigenvalue weighted by Crippen LogP contribution is 2.45. The molecule has 2 heteroatoms. The molecule has 0 radical (unpaired) electrons. The molecule has 0 heterocycles. The average molecular weight is 201 g/mol. The summed E-state index contributed by atoms with van der Waals surface area (Å²) in [7, 11) is 0. The van der Waals surface area contributed by atoms with Crippen molar-refractivity contribution in [2.24, 2.45) is 5.92 Å². The number of hydrogen-bond donors (Lipinski definition) is 0. The molecule has 1 fully saturated rings. The van der Waals surface area contributed by atoms with Crippen molar-refractivity contribution < 1.29 is 4.79 Å². The maximum Gasteiger partial charge on any atom is 0.172 e. The summed E-state index contributed by atoms with van der Waals surface area (Å²) in [4.78, 5) is 11.2. The van der Waals surface area contributed by atoms with Gasteiger partial charge >= 0.3 is 0 Å². The van der Waals surface area contributed by atoms with Crippen molar-refractivity contribution in [1.29, 1.82) is 0 Å². The van der Waals surface area contributed by atoms with E-state index in [1.54, 1.807) is 6.08 Å². The SMILES string of the molecule is O=C1C=CC2CCC1(Br)C2.